The second-order valence-corrected chi connectivity index (χ2v) is 7.17. The fourth-order valence-corrected chi connectivity index (χ4v) is 3.83. The van der Waals surface area contributed by atoms with E-state index in [-0.39, 0.29) is 16.8 Å². The molecule has 1 N–H and O–H groups in total. The van der Waals surface area contributed by atoms with Gasteiger partial charge in [-0.25, -0.2) is 4.98 Å². The molecule has 1 unspecified atom stereocenters. The minimum atomic E-state index is -0.377. The van der Waals surface area contributed by atoms with E-state index in [4.69, 9.17) is 4.98 Å². The van der Waals surface area contributed by atoms with Gasteiger partial charge >= 0.3 is 0 Å². The molecule has 1 aliphatic rings. The largest absolute Gasteiger partial charge is 0.361 e. The topological polar surface area (TPSA) is 73.0 Å². The number of rotatable bonds is 2. The van der Waals surface area contributed by atoms with Gasteiger partial charge in [-0.2, -0.15) is 0 Å². The third-order valence-electron chi connectivity index (χ3n) is 5.44. The van der Waals surface area contributed by atoms with E-state index >= 15 is 0 Å². The highest BCUT2D eigenvalue weighted by molar-refractivity contribution is 5.87. The highest BCUT2D eigenvalue weighted by atomic mass is 16.6. The number of non-ortho nitro benzene ring substituents is 1. The van der Waals surface area contributed by atoms with Gasteiger partial charge in [0.15, 0.2) is 0 Å². The lowest BCUT2D eigenvalue weighted by atomic mass is 10.0. The molecule has 4 aromatic rings. The van der Waals surface area contributed by atoms with E-state index in [1.165, 1.54) is 11.1 Å². The Balaban J connectivity index is 1.77. The Hall–Kier alpha value is -3.67. The van der Waals surface area contributed by atoms with Crippen molar-refractivity contribution < 1.29 is 4.92 Å². The lowest BCUT2D eigenvalue weighted by Gasteiger charge is -2.30. The van der Waals surface area contributed by atoms with Crippen LogP contribution in [0.5, 0.6) is 0 Å². The van der Waals surface area contributed by atoms with Gasteiger partial charge in [0.1, 0.15) is 12.0 Å². The van der Waals surface area contributed by atoms with E-state index in [1.807, 2.05) is 18.2 Å². The van der Waals surface area contributed by atoms with Crippen molar-refractivity contribution >= 4 is 22.4 Å². The average Bonchev–Trinajstić information content (AvgIpc) is 3.06. The SMILES string of the molecule is Cc1cc2nc3n(c2cc1C)C(c1ccc([N+](=O)[O-])cc1)Nc1ccccc1-3. The molecular formula is C22H18N4O2. The van der Waals surface area contributed by atoms with Crippen molar-refractivity contribution in [3.63, 3.8) is 0 Å². The highest BCUT2D eigenvalue weighted by Crippen LogP contribution is 2.41. The maximum Gasteiger partial charge on any atom is 0.269 e. The predicted octanol–water partition coefficient (Wildman–Crippen LogP) is 5.20. The number of nitrogens with zero attached hydrogens (tertiary/aromatic N) is 3. The Morgan fingerprint density at radius 3 is 2.50 bits per heavy atom. The number of imidazole rings is 1. The minimum absolute atomic E-state index is 0.0853. The molecule has 0 aliphatic carbocycles. The van der Waals surface area contributed by atoms with Crippen LogP contribution in [0.25, 0.3) is 22.4 Å². The quantitative estimate of drug-likeness (QED) is 0.389. The molecule has 0 radical (unpaired) electrons. The van der Waals surface area contributed by atoms with Gasteiger partial charge in [-0.15, -0.1) is 0 Å². The molecular weight excluding hydrogens is 352 g/mol. The van der Waals surface area contributed by atoms with Crippen LogP contribution >= 0.6 is 0 Å². The molecule has 0 fully saturated rings. The number of aromatic nitrogens is 2. The predicted molar refractivity (Wildman–Crippen MR) is 110 cm³/mol. The van der Waals surface area contributed by atoms with Crippen LogP contribution in [0.2, 0.25) is 0 Å². The number of fused-ring (bicyclic) bond motifs is 5. The summed E-state index contributed by atoms with van der Waals surface area (Å²) in [5.41, 5.74) is 7.48. The average molecular weight is 370 g/mol. The Bertz CT molecular complexity index is 1240. The van der Waals surface area contributed by atoms with E-state index in [0.29, 0.717) is 0 Å². The number of hydrogen-bond acceptors (Lipinski definition) is 4. The van der Waals surface area contributed by atoms with Crippen molar-refractivity contribution in [1.29, 1.82) is 0 Å². The molecule has 0 saturated heterocycles. The van der Waals surface area contributed by atoms with Gasteiger partial charge in [0.25, 0.3) is 5.69 Å². The Morgan fingerprint density at radius 2 is 1.75 bits per heavy atom. The van der Waals surface area contributed by atoms with Gasteiger partial charge in [0, 0.05) is 23.4 Å². The van der Waals surface area contributed by atoms with Crippen LogP contribution in [-0.2, 0) is 0 Å². The summed E-state index contributed by atoms with van der Waals surface area (Å²) in [6.45, 7) is 4.19. The molecule has 2 heterocycles. The maximum atomic E-state index is 11.0. The van der Waals surface area contributed by atoms with Gasteiger partial charge < -0.3 is 5.32 Å². The first-order valence-electron chi connectivity index (χ1n) is 9.12. The fraction of sp³-hybridized carbons (Fsp3) is 0.136. The molecule has 138 valence electrons. The molecule has 0 amide bonds. The van der Waals surface area contributed by atoms with Crippen LogP contribution in [0.4, 0.5) is 11.4 Å². The minimum Gasteiger partial charge on any atom is -0.361 e. The van der Waals surface area contributed by atoms with E-state index in [0.717, 1.165) is 33.7 Å². The van der Waals surface area contributed by atoms with E-state index in [9.17, 15) is 10.1 Å². The number of anilines is 1. The van der Waals surface area contributed by atoms with Crippen LogP contribution in [0, 0.1) is 24.0 Å². The number of nitro groups is 1. The summed E-state index contributed by atoms with van der Waals surface area (Å²) in [7, 11) is 0. The van der Waals surface area contributed by atoms with Gasteiger partial charge in [-0.3, -0.25) is 14.7 Å². The van der Waals surface area contributed by atoms with Crippen molar-refractivity contribution in [2.45, 2.75) is 20.0 Å². The molecule has 28 heavy (non-hydrogen) atoms. The van der Waals surface area contributed by atoms with Crippen molar-refractivity contribution in [2.75, 3.05) is 5.32 Å². The third kappa shape index (κ3) is 2.38. The van der Waals surface area contributed by atoms with Crippen molar-refractivity contribution in [1.82, 2.24) is 9.55 Å². The molecule has 3 aromatic carbocycles. The van der Waals surface area contributed by atoms with Crippen molar-refractivity contribution in [3.8, 4) is 11.4 Å². The number of para-hydroxylation sites is 1. The summed E-state index contributed by atoms with van der Waals surface area (Å²) in [4.78, 5) is 15.6. The number of nitro benzene ring substituents is 1. The van der Waals surface area contributed by atoms with Crippen LogP contribution in [-0.4, -0.2) is 14.5 Å². The summed E-state index contributed by atoms with van der Waals surface area (Å²) in [6.07, 6.45) is -0.196. The maximum absolute atomic E-state index is 11.0. The lowest BCUT2D eigenvalue weighted by molar-refractivity contribution is -0.384. The standard InChI is InChI=1S/C22H18N4O2/c1-13-11-19-20(12-14(13)2)25-21(15-7-9-16(10-8-15)26(27)28)23-18-6-4-3-5-17(18)22(25)24-19/h3-12,21,23H,1-2H3. The zero-order chi connectivity index (χ0) is 19.4. The van der Waals surface area contributed by atoms with Crippen molar-refractivity contribution in [2.24, 2.45) is 0 Å². The lowest BCUT2D eigenvalue weighted by Crippen LogP contribution is -2.24. The van der Waals surface area contributed by atoms with E-state index in [2.05, 4.69) is 41.9 Å². The van der Waals surface area contributed by atoms with Gasteiger partial charge in [-0.1, -0.05) is 12.1 Å². The van der Waals surface area contributed by atoms with Crippen LogP contribution in [0.15, 0.2) is 60.7 Å². The molecule has 1 atom stereocenters. The molecule has 0 spiro atoms. The summed E-state index contributed by atoms with van der Waals surface area (Å²) >= 11 is 0. The number of hydrogen-bond donors (Lipinski definition) is 1. The Labute approximate surface area is 161 Å². The smallest absolute Gasteiger partial charge is 0.269 e. The summed E-state index contributed by atoms with van der Waals surface area (Å²) in [5.74, 6) is 0.901. The monoisotopic (exact) mass is 370 g/mol. The van der Waals surface area contributed by atoms with Gasteiger partial charge in [0.2, 0.25) is 0 Å². The first-order chi connectivity index (χ1) is 13.5. The van der Waals surface area contributed by atoms with E-state index in [1.54, 1.807) is 24.3 Å². The summed E-state index contributed by atoms with van der Waals surface area (Å²) in [5, 5.41) is 14.6. The summed E-state index contributed by atoms with van der Waals surface area (Å²) < 4.78 is 2.19. The Morgan fingerprint density at radius 1 is 1.04 bits per heavy atom. The third-order valence-corrected chi connectivity index (χ3v) is 5.44. The molecule has 1 aromatic heterocycles. The zero-order valence-corrected chi connectivity index (χ0v) is 15.5. The first kappa shape index (κ1) is 16.5. The second kappa shape index (κ2) is 5.92. The first-order valence-corrected chi connectivity index (χ1v) is 9.12. The number of nitrogens with one attached hydrogen (secondary N) is 1. The second-order valence-electron chi connectivity index (χ2n) is 7.17. The summed E-state index contributed by atoms with van der Waals surface area (Å²) in [6, 6.07) is 19.1. The number of aryl methyl sites for hydroxylation is 2. The molecule has 6 heteroatoms. The van der Waals surface area contributed by atoms with Crippen LogP contribution in [0.3, 0.4) is 0 Å². The molecule has 1 aliphatic heterocycles. The van der Waals surface area contributed by atoms with Crippen molar-refractivity contribution in [3.05, 3.63) is 87.5 Å². The highest BCUT2D eigenvalue weighted by Gasteiger charge is 2.28. The van der Waals surface area contributed by atoms with Crippen LogP contribution < -0.4 is 5.32 Å². The normalized spacial score (nSPS) is 15.0. The van der Waals surface area contributed by atoms with Gasteiger partial charge in [-0.05, 0) is 66.9 Å². The fourth-order valence-electron chi connectivity index (χ4n) is 3.83. The molecule has 5 rings (SSSR count). The Kier molecular flexibility index (Phi) is 3.49. The number of benzene rings is 3. The van der Waals surface area contributed by atoms with Crippen LogP contribution in [0.1, 0.15) is 22.9 Å². The van der Waals surface area contributed by atoms with Gasteiger partial charge in [0.05, 0.1) is 16.0 Å². The molecule has 6 nitrogen and oxygen atoms in total. The molecule has 0 saturated carbocycles. The zero-order valence-electron chi connectivity index (χ0n) is 15.5. The van der Waals surface area contributed by atoms with E-state index < -0.39 is 0 Å². The molecule has 0 bridgehead atoms.